The number of halogens is 1. The molecular formula is C26H24BrNO. The normalized spacial score (nSPS) is 9.83. The van der Waals surface area contributed by atoms with Gasteiger partial charge in [0.15, 0.2) is 0 Å². The second-order valence-corrected chi connectivity index (χ2v) is 6.97. The molecule has 0 spiro atoms. The minimum atomic E-state index is 0.590. The number of rotatable bonds is 6. The number of hydrogen-bond donors (Lipinski definition) is 1. The summed E-state index contributed by atoms with van der Waals surface area (Å²) in [5.41, 5.74) is 4.63. The Balaban J connectivity index is 0.000000252. The Bertz CT molecular complexity index is 942. The van der Waals surface area contributed by atoms with Crippen molar-refractivity contribution in [3.8, 4) is 5.75 Å². The smallest absolute Gasteiger partial charge is 0.119 e. The number of para-hydroxylation sites is 1. The lowest BCUT2D eigenvalue weighted by atomic mass is 10.2. The lowest BCUT2D eigenvalue weighted by molar-refractivity contribution is 0.306. The summed E-state index contributed by atoms with van der Waals surface area (Å²) in [6, 6.07) is 38.6. The maximum Gasteiger partial charge on any atom is 0.119 e. The maximum atomic E-state index is 5.77. The summed E-state index contributed by atoms with van der Waals surface area (Å²) in [6.07, 6.45) is 0. The molecule has 0 saturated heterocycles. The molecule has 4 aromatic rings. The van der Waals surface area contributed by atoms with Gasteiger partial charge in [-0.25, -0.2) is 0 Å². The molecule has 4 rings (SSSR count). The molecule has 0 radical (unpaired) electrons. The van der Waals surface area contributed by atoms with Crippen LogP contribution in [0.4, 0.5) is 11.4 Å². The summed E-state index contributed by atoms with van der Waals surface area (Å²) >= 11 is 3.36. The van der Waals surface area contributed by atoms with Gasteiger partial charge in [-0.2, -0.15) is 0 Å². The van der Waals surface area contributed by atoms with Crippen molar-refractivity contribution < 1.29 is 4.74 Å². The van der Waals surface area contributed by atoms with Crippen molar-refractivity contribution in [3.63, 3.8) is 0 Å². The van der Waals surface area contributed by atoms with Gasteiger partial charge in [-0.3, -0.25) is 0 Å². The Kier molecular flexibility index (Phi) is 8.36. The first-order valence-corrected chi connectivity index (χ1v) is 10.6. The predicted octanol–water partition coefficient (Wildman–Crippen LogP) is 7.59. The third-order valence-electron chi connectivity index (χ3n) is 4.16. The number of anilines is 2. The van der Waals surface area contributed by atoms with Crippen molar-refractivity contribution in [2.24, 2.45) is 0 Å². The fourth-order valence-corrected chi connectivity index (χ4v) is 3.00. The van der Waals surface area contributed by atoms with Crippen LogP contribution in [0.1, 0.15) is 11.1 Å². The SMILES string of the molecule is BrCc1ccccc1.c1ccc(COc2ccc(Nc3ccccc3)cc2)cc1. The molecule has 0 aliphatic heterocycles. The summed E-state index contributed by atoms with van der Waals surface area (Å²) < 4.78 is 5.77. The second-order valence-electron chi connectivity index (χ2n) is 6.41. The van der Waals surface area contributed by atoms with Gasteiger partial charge in [0.25, 0.3) is 0 Å². The Morgan fingerprint density at radius 3 is 1.55 bits per heavy atom. The number of ether oxygens (including phenoxy) is 1. The number of alkyl halides is 1. The van der Waals surface area contributed by atoms with Gasteiger partial charge in [-0.05, 0) is 47.5 Å². The van der Waals surface area contributed by atoms with E-state index in [2.05, 4.69) is 45.5 Å². The molecule has 0 atom stereocenters. The molecule has 0 saturated carbocycles. The third-order valence-corrected chi connectivity index (χ3v) is 4.81. The van der Waals surface area contributed by atoms with Crippen molar-refractivity contribution in [2.75, 3.05) is 5.32 Å². The lowest BCUT2D eigenvalue weighted by Gasteiger charge is -2.09. The standard InChI is InChI=1S/C19H17NO.C7H7Br/c1-3-7-16(8-4-1)15-21-19-13-11-18(12-14-19)20-17-9-5-2-6-10-17;8-6-7-4-2-1-3-5-7/h1-14,20H,15H2;1-5H,6H2. The van der Waals surface area contributed by atoms with Crippen molar-refractivity contribution in [2.45, 2.75) is 11.9 Å². The van der Waals surface area contributed by atoms with E-state index in [4.69, 9.17) is 4.74 Å². The van der Waals surface area contributed by atoms with Gasteiger partial charge in [0, 0.05) is 16.7 Å². The molecule has 29 heavy (non-hydrogen) atoms. The van der Waals surface area contributed by atoms with Crippen LogP contribution in [0, 0.1) is 0 Å². The first-order chi connectivity index (χ1) is 14.3. The highest BCUT2D eigenvalue weighted by Gasteiger charge is 1.97. The highest BCUT2D eigenvalue weighted by atomic mass is 79.9. The van der Waals surface area contributed by atoms with E-state index in [9.17, 15) is 0 Å². The van der Waals surface area contributed by atoms with E-state index in [0.29, 0.717) is 6.61 Å². The summed E-state index contributed by atoms with van der Waals surface area (Å²) in [5.74, 6) is 0.873. The maximum absolute atomic E-state index is 5.77. The number of hydrogen-bond acceptors (Lipinski definition) is 2. The van der Waals surface area contributed by atoms with Crippen LogP contribution in [0.15, 0.2) is 115 Å². The number of benzene rings is 4. The van der Waals surface area contributed by atoms with Crippen molar-refractivity contribution in [1.29, 1.82) is 0 Å². The second kappa shape index (κ2) is 11.7. The molecule has 0 unspecified atom stereocenters. The van der Waals surface area contributed by atoms with Crippen LogP contribution in [0.3, 0.4) is 0 Å². The monoisotopic (exact) mass is 445 g/mol. The third kappa shape index (κ3) is 7.47. The molecule has 1 N–H and O–H groups in total. The van der Waals surface area contributed by atoms with Gasteiger partial charge < -0.3 is 10.1 Å². The van der Waals surface area contributed by atoms with Gasteiger partial charge in [0.05, 0.1) is 0 Å². The average molecular weight is 446 g/mol. The van der Waals surface area contributed by atoms with Gasteiger partial charge in [-0.15, -0.1) is 0 Å². The van der Waals surface area contributed by atoms with Gasteiger partial charge in [-0.1, -0.05) is 94.8 Å². The molecular weight excluding hydrogens is 422 g/mol. The van der Waals surface area contributed by atoms with Crippen molar-refractivity contribution in [1.82, 2.24) is 0 Å². The minimum absolute atomic E-state index is 0.590. The van der Waals surface area contributed by atoms with E-state index >= 15 is 0 Å². The highest BCUT2D eigenvalue weighted by molar-refractivity contribution is 9.08. The summed E-state index contributed by atoms with van der Waals surface area (Å²) in [7, 11) is 0. The van der Waals surface area contributed by atoms with Crippen LogP contribution in [0.5, 0.6) is 5.75 Å². The molecule has 0 aliphatic rings. The zero-order valence-corrected chi connectivity index (χ0v) is 17.8. The molecule has 0 amide bonds. The van der Waals surface area contributed by atoms with E-state index in [1.165, 1.54) is 11.1 Å². The topological polar surface area (TPSA) is 21.3 Å². The summed E-state index contributed by atoms with van der Waals surface area (Å²) in [6.45, 7) is 0.590. The number of nitrogens with one attached hydrogen (secondary N) is 1. The fourth-order valence-electron chi connectivity index (χ4n) is 2.63. The van der Waals surface area contributed by atoms with E-state index in [1.807, 2.05) is 91.0 Å². The first kappa shape index (κ1) is 20.7. The van der Waals surface area contributed by atoms with Crippen LogP contribution in [0.2, 0.25) is 0 Å². The predicted molar refractivity (Wildman–Crippen MR) is 126 cm³/mol. The van der Waals surface area contributed by atoms with E-state index in [0.717, 1.165) is 22.5 Å². The van der Waals surface area contributed by atoms with E-state index in [-0.39, 0.29) is 0 Å². The minimum Gasteiger partial charge on any atom is -0.489 e. The highest BCUT2D eigenvalue weighted by Crippen LogP contribution is 2.20. The molecule has 0 aliphatic carbocycles. The molecule has 0 fully saturated rings. The molecule has 146 valence electrons. The average Bonchev–Trinajstić information content (AvgIpc) is 2.81. The van der Waals surface area contributed by atoms with Crippen molar-refractivity contribution >= 4 is 27.3 Å². The largest absolute Gasteiger partial charge is 0.489 e. The molecule has 3 heteroatoms. The first-order valence-electron chi connectivity index (χ1n) is 9.52. The van der Waals surface area contributed by atoms with Crippen molar-refractivity contribution in [3.05, 3.63) is 126 Å². The van der Waals surface area contributed by atoms with Gasteiger partial charge in [0.2, 0.25) is 0 Å². The van der Waals surface area contributed by atoms with Gasteiger partial charge in [0.1, 0.15) is 12.4 Å². The van der Waals surface area contributed by atoms with Crippen LogP contribution >= 0.6 is 15.9 Å². The van der Waals surface area contributed by atoms with Crippen LogP contribution < -0.4 is 10.1 Å². The van der Waals surface area contributed by atoms with Crippen LogP contribution in [0.25, 0.3) is 0 Å². The fraction of sp³-hybridized carbons (Fsp3) is 0.0769. The Labute approximate surface area is 181 Å². The van der Waals surface area contributed by atoms with Crippen LogP contribution in [-0.4, -0.2) is 0 Å². The summed E-state index contributed by atoms with van der Waals surface area (Å²) in [5, 5.41) is 4.30. The van der Waals surface area contributed by atoms with E-state index in [1.54, 1.807) is 0 Å². The molecule has 4 aromatic carbocycles. The lowest BCUT2D eigenvalue weighted by Crippen LogP contribution is -1.95. The molecule has 0 heterocycles. The molecule has 2 nitrogen and oxygen atoms in total. The molecule has 0 aromatic heterocycles. The van der Waals surface area contributed by atoms with Crippen LogP contribution in [-0.2, 0) is 11.9 Å². The Morgan fingerprint density at radius 2 is 1.03 bits per heavy atom. The summed E-state index contributed by atoms with van der Waals surface area (Å²) in [4.78, 5) is 0. The van der Waals surface area contributed by atoms with E-state index < -0.39 is 0 Å². The Morgan fingerprint density at radius 1 is 0.552 bits per heavy atom. The quantitative estimate of drug-likeness (QED) is 0.308. The Hall–Kier alpha value is -3.04. The molecule has 0 bridgehead atoms. The zero-order chi connectivity index (χ0) is 20.2. The van der Waals surface area contributed by atoms with Gasteiger partial charge >= 0.3 is 0 Å². The zero-order valence-electron chi connectivity index (χ0n) is 16.2.